The van der Waals surface area contributed by atoms with Crippen LogP contribution in [0.1, 0.15) is 27.1 Å². The van der Waals surface area contributed by atoms with Gasteiger partial charge in [0.1, 0.15) is 0 Å². The van der Waals surface area contributed by atoms with E-state index in [0.717, 1.165) is 4.90 Å². The molecule has 0 aliphatic carbocycles. The molecule has 0 spiro atoms. The Morgan fingerprint density at radius 1 is 1.19 bits per heavy atom. The van der Waals surface area contributed by atoms with E-state index >= 15 is 0 Å². The van der Waals surface area contributed by atoms with Crippen molar-refractivity contribution in [2.75, 3.05) is 18.5 Å². The van der Waals surface area contributed by atoms with Gasteiger partial charge in [-0.05, 0) is 18.2 Å². The third-order valence-electron chi connectivity index (χ3n) is 3.91. The van der Waals surface area contributed by atoms with E-state index in [1.807, 2.05) is 0 Å². The standard InChI is InChI=1S/C14H13N3O4/c1-16-13(20)9-3-2-8(5-10(9)14(16)21)17-6-7(12(15)19)4-11(17)18/h2-3,5,7H,4,6H2,1H3,(H2,15,19)/t7-/m0/s1. The number of nitrogens with zero attached hydrogens (tertiary/aromatic N) is 2. The van der Waals surface area contributed by atoms with Crippen molar-refractivity contribution in [1.82, 2.24) is 4.90 Å². The average molecular weight is 287 g/mol. The molecule has 2 aliphatic rings. The summed E-state index contributed by atoms with van der Waals surface area (Å²) in [4.78, 5) is 49.4. The van der Waals surface area contributed by atoms with E-state index in [2.05, 4.69) is 0 Å². The summed E-state index contributed by atoms with van der Waals surface area (Å²) >= 11 is 0. The first kappa shape index (κ1) is 13.3. The molecule has 2 heterocycles. The summed E-state index contributed by atoms with van der Waals surface area (Å²) in [5.41, 5.74) is 6.32. The predicted molar refractivity (Wildman–Crippen MR) is 72.5 cm³/mol. The quantitative estimate of drug-likeness (QED) is 0.758. The van der Waals surface area contributed by atoms with Crippen molar-refractivity contribution in [3.8, 4) is 0 Å². The average Bonchev–Trinajstić information content (AvgIpc) is 2.94. The Bertz CT molecular complexity index is 697. The van der Waals surface area contributed by atoms with Gasteiger partial charge < -0.3 is 10.6 Å². The zero-order chi connectivity index (χ0) is 15.3. The second-order valence-corrected chi connectivity index (χ2v) is 5.21. The van der Waals surface area contributed by atoms with Gasteiger partial charge in [0.05, 0.1) is 17.0 Å². The Labute approximate surface area is 120 Å². The van der Waals surface area contributed by atoms with Gasteiger partial charge >= 0.3 is 0 Å². The van der Waals surface area contributed by atoms with Gasteiger partial charge in [0, 0.05) is 25.7 Å². The number of benzene rings is 1. The molecule has 1 aromatic carbocycles. The highest BCUT2D eigenvalue weighted by Gasteiger charge is 2.37. The number of primary amides is 1. The van der Waals surface area contributed by atoms with Crippen LogP contribution in [0.3, 0.4) is 0 Å². The molecule has 0 aromatic heterocycles. The third-order valence-corrected chi connectivity index (χ3v) is 3.91. The van der Waals surface area contributed by atoms with E-state index in [0.29, 0.717) is 11.3 Å². The van der Waals surface area contributed by atoms with Crippen LogP contribution in [0.25, 0.3) is 0 Å². The minimum absolute atomic E-state index is 0.0686. The second-order valence-electron chi connectivity index (χ2n) is 5.21. The van der Waals surface area contributed by atoms with Crippen molar-refractivity contribution in [3.63, 3.8) is 0 Å². The number of anilines is 1. The molecule has 4 amide bonds. The number of imide groups is 1. The van der Waals surface area contributed by atoms with Crippen LogP contribution >= 0.6 is 0 Å². The lowest BCUT2D eigenvalue weighted by Crippen LogP contribution is -2.28. The first-order chi connectivity index (χ1) is 9.90. The Kier molecular flexibility index (Phi) is 2.79. The van der Waals surface area contributed by atoms with Crippen LogP contribution in [-0.2, 0) is 9.59 Å². The summed E-state index contributed by atoms with van der Waals surface area (Å²) in [5.74, 6) is -2.01. The molecule has 3 rings (SSSR count). The van der Waals surface area contributed by atoms with Crippen LogP contribution < -0.4 is 10.6 Å². The summed E-state index contributed by atoms with van der Waals surface area (Å²) in [6.45, 7) is 0.199. The summed E-state index contributed by atoms with van der Waals surface area (Å²) in [7, 11) is 1.41. The van der Waals surface area contributed by atoms with E-state index in [-0.39, 0.29) is 30.3 Å². The maximum Gasteiger partial charge on any atom is 0.261 e. The van der Waals surface area contributed by atoms with Gasteiger partial charge in [0.25, 0.3) is 11.8 Å². The molecule has 0 radical (unpaired) electrons. The van der Waals surface area contributed by atoms with Crippen molar-refractivity contribution in [3.05, 3.63) is 29.3 Å². The van der Waals surface area contributed by atoms with Gasteiger partial charge in [-0.3, -0.25) is 24.1 Å². The third kappa shape index (κ3) is 1.89. The Hall–Kier alpha value is -2.70. The highest BCUT2D eigenvalue weighted by Crippen LogP contribution is 2.30. The van der Waals surface area contributed by atoms with Crippen molar-refractivity contribution in [2.45, 2.75) is 6.42 Å². The number of carbonyl (C=O) groups is 4. The Balaban J connectivity index is 1.96. The molecule has 2 N–H and O–H groups in total. The van der Waals surface area contributed by atoms with Crippen LogP contribution in [0.5, 0.6) is 0 Å². The number of amides is 4. The summed E-state index contributed by atoms with van der Waals surface area (Å²) in [5, 5.41) is 0. The SMILES string of the molecule is CN1C(=O)c2ccc(N3C[C@@H](C(N)=O)CC3=O)cc2C1=O. The Morgan fingerprint density at radius 3 is 2.48 bits per heavy atom. The lowest BCUT2D eigenvalue weighted by molar-refractivity contribution is -0.123. The highest BCUT2D eigenvalue weighted by molar-refractivity contribution is 6.21. The molecular weight excluding hydrogens is 274 g/mol. The van der Waals surface area contributed by atoms with Crippen molar-refractivity contribution >= 4 is 29.3 Å². The monoisotopic (exact) mass is 287 g/mol. The highest BCUT2D eigenvalue weighted by atomic mass is 16.2. The maximum absolute atomic E-state index is 12.0. The molecule has 0 bridgehead atoms. The number of fused-ring (bicyclic) bond motifs is 1. The molecule has 7 nitrogen and oxygen atoms in total. The van der Waals surface area contributed by atoms with E-state index in [9.17, 15) is 19.2 Å². The molecule has 0 saturated carbocycles. The van der Waals surface area contributed by atoms with Crippen LogP contribution in [0.4, 0.5) is 5.69 Å². The zero-order valence-corrected chi connectivity index (χ0v) is 11.3. The van der Waals surface area contributed by atoms with Crippen LogP contribution in [-0.4, -0.2) is 42.1 Å². The Morgan fingerprint density at radius 2 is 1.86 bits per heavy atom. The number of nitrogens with two attached hydrogens (primary N) is 1. The molecular formula is C14H13N3O4. The molecule has 108 valence electrons. The number of hydrogen-bond acceptors (Lipinski definition) is 4. The van der Waals surface area contributed by atoms with Crippen molar-refractivity contribution in [1.29, 1.82) is 0 Å². The molecule has 0 unspecified atom stereocenters. The van der Waals surface area contributed by atoms with Gasteiger partial charge in [-0.1, -0.05) is 0 Å². The summed E-state index contributed by atoms with van der Waals surface area (Å²) in [6, 6.07) is 4.64. The molecule has 1 fully saturated rings. The molecule has 2 aliphatic heterocycles. The summed E-state index contributed by atoms with van der Waals surface area (Å²) in [6.07, 6.45) is 0.0686. The van der Waals surface area contributed by atoms with E-state index in [1.54, 1.807) is 6.07 Å². The minimum atomic E-state index is -0.522. The molecule has 1 saturated heterocycles. The van der Waals surface area contributed by atoms with Gasteiger partial charge in [0.15, 0.2) is 0 Å². The second kappa shape index (κ2) is 4.41. The van der Waals surface area contributed by atoms with Crippen LogP contribution in [0.2, 0.25) is 0 Å². The lowest BCUT2D eigenvalue weighted by atomic mass is 10.1. The molecule has 7 heteroatoms. The smallest absolute Gasteiger partial charge is 0.261 e. The fraction of sp³-hybridized carbons (Fsp3) is 0.286. The lowest BCUT2D eigenvalue weighted by Gasteiger charge is -2.16. The van der Waals surface area contributed by atoms with E-state index in [4.69, 9.17) is 5.73 Å². The number of hydrogen-bond donors (Lipinski definition) is 1. The van der Waals surface area contributed by atoms with Gasteiger partial charge in [-0.25, -0.2) is 0 Å². The van der Waals surface area contributed by atoms with Crippen molar-refractivity contribution in [2.24, 2.45) is 11.7 Å². The van der Waals surface area contributed by atoms with E-state index < -0.39 is 17.7 Å². The molecule has 1 aromatic rings. The van der Waals surface area contributed by atoms with Gasteiger partial charge in [0.2, 0.25) is 11.8 Å². The fourth-order valence-corrected chi connectivity index (χ4v) is 2.66. The molecule has 21 heavy (non-hydrogen) atoms. The maximum atomic E-state index is 12.0. The number of carbonyl (C=O) groups excluding carboxylic acids is 4. The number of rotatable bonds is 2. The van der Waals surface area contributed by atoms with Crippen LogP contribution in [0, 0.1) is 5.92 Å². The molecule has 1 atom stereocenters. The van der Waals surface area contributed by atoms with Gasteiger partial charge in [-0.2, -0.15) is 0 Å². The van der Waals surface area contributed by atoms with Crippen molar-refractivity contribution < 1.29 is 19.2 Å². The largest absolute Gasteiger partial charge is 0.369 e. The minimum Gasteiger partial charge on any atom is -0.369 e. The first-order valence-corrected chi connectivity index (χ1v) is 6.46. The zero-order valence-electron chi connectivity index (χ0n) is 11.3. The van der Waals surface area contributed by atoms with E-state index in [1.165, 1.54) is 24.1 Å². The van der Waals surface area contributed by atoms with Gasteiger partial charge in [-0.15, -0.1) is 0 Å². The first-order valence-electron chi connectivity index (χ1n) is 6.46. The normalized spacial score (nSPS) is 21.2. The predicted octanol–water partition coefficient (Wildman–Crippen LogP) is -0.249. The fourth-order valence-electron chi connectivity index (χ4n) is 2.66. The van der Waals surface area contributed by atoms with Crippen LogP contribution in [0.15, 0.2) is 18.2 Å². The summed E-state index contributed by atoms with van der Waals surface area (Å²) < 4.78 is 0. The topological polar surface area (TPSA) is 101 Å².